The highest BCUT2D eigenvalue weighted by molar-refractivity contribution is 7.94. The van der Waals surface area contributed by atoms with Crippen LogP contribution in [0, 0.1) is 0 Å². The molecule has 0 fully saturated rings. The Balaban J connectivity index is 1.74. The highest BCUT2D eigenvalue weighted by Crippen LogP contribution is 2.18. The summed E-state index contributed by atoms with van der Waals surface area (Å²) < 4.78 is 49.3. The quantitative estimate of drug-likeness (QED) is 0.627. The molecule has 0 aliphatic heterocycles. The van der Waals surface area contributed by atoms with Gasteiger partial charge < -0.3 is 0 Å². The van der Waals surface area contributed by atoms with Gasteiger partial charge in [0.2, 0.25) is 0 Å². The van der Waals surface area contributed by atoms with E-state index in [9.17, 15) is 16.8 Å². The molecule has 138 valence electrons. The minimum absolute atomic E-state index is 0.108. The molecule has 3 aromatic rings. The first-order chi connectivity index (χ1) is 12.9. The van der Waals surface area contributed by atoms with E-state index >= 15 is 0 Å². The van der Waals surface area contributed by atoms with Crippen molar-refractivity contribution in [2.75, 3.05) is 0 Å². The zero-order valence-corrected chi connectivity index (χ0v) is 16.0. The number of benzene rings is 3. The third-order valence-corrected chi connectivity index (χ3v) is 7.08. The van der Waals surface area contributed by atoms with Crippen molar-refractivity contribution in [2.24, 2.45) is 0 Å². The molecular weight excluding hydrogens is 380 g/mol. The minimum atomic E-state index is -3.51. The lowest BCUT2D eigenvalue weighted by atomic mass is 10.1. The smallest absolute Gasteiger partial charge is 0.199 e. The van der Waals surface area contributed by atoms with Crippen LogP contribution >= 0.6 is 0 Å². The van der Waals surface area contributed by atoms with E-state index in [1.165, 1.54) is 18.2 Å². The topological polar surface area (TPSA) is 68.3 Å². The molecule has 0 saturated carbocycles. The van der Waals surface area contributed by atoms with Crippen LogP contribution in [-0.4, -0.2) is 16.8 Å². The van der Waals surface area contributed by atoms with Crippen LogP contribution in [-0.2, 0) is 25.4 Å². The summed E-state index contributed by atoms with van der Waals surface area (Å²) in [5, 5.41) is 1.15. The molecule has 0 aliphatic carbocycles. The van der Waals surface area contributed by atoms with Gasteiger partial charge in [0.15, 0.2) is 19.7 Å². The SMILES string of the molecule is O=S(=O)(/C=C/c1ccc(CS(=O)(=O)c2ccccc2)cc1)c1ccccc1. The van der Waals surface area contributed by atoms with Gasteiger partial charge in [0.1, 0.15) is 0 Å². The van der Waals surface area contributed by atoms with Gasteiger partial charge in [-0.1, -0.05) is 60.7 Å². The minimum Gasteiger partial charge on any atom is -0.223 e. The average Bonchev–Trinajstić information content (AvgIpc) is 2.69. The Labute approximate surface area is 159 Å². The lowest BCUT2D eigenvalue weighted by molar-refractivity contribution is 0.595. The molecule has 0 N–H and O–H groups in total. The van der Waals surface area contributed by atoms with Gasteiger partial charge in [-0.2, -0.15) is 0 Å². The molecule has 27 heavy (non-hydrogen) atoms. The Morgan fingerprint density at radius 1 is 0.630 bits per heavy atom. The molecule has 0 spiro atoms. The largest absolute Gasteiger partial charge is 0.223 e. The predicted molar refractivity (Wildman–Crippen MR) is 106 cm³/mol. The van der Waals surface area contributed by atoms with Crippen LogP contribution in [0.15, 0.2) is 100 Å². The van der Waals surface area contributed by atoms with Gasteiger partial charge in [-0.3, -0.25) is 0 Å². The molecule has 0 unspecified atom stereocenters. The van der Waals surface area contributed by atoms with Crippen molar-refractivity contribution in [3.05, 3.63) is 101 Å². The second kappa shape index (κ2) is 7.90. The molecule has 6 heteroatoms. The molecule has 0 saturated heterocycles. The average molecular weight is 399 g/mol. The van der Waals surface area contributed by atoms with Crippen LogP contribution in [0.25, 0.3) is 6.08 Å². The standard InChI is InChI=1S/C21H18O4S2/c22-26(23,20-7-3-1-4-8-20)16-15-18-11-13-19(14-12-18)17-27(24,25)21-9-5-2-6-10-21/h1-16H,17H2/b16-15+. The van der Waals surface area contributed by atoms with Crippen molar-refractivity contribution in [3.8, 4) is 0 Å². The number of hydrogen-bond donors (Lipinski definition) is 0. The number of sulfone groups is 2. The van der Waals surface area contributed by atoms with E-state index in [2.05, 4.69) is 0 Å². The zero-order chi connectivity index (χ0) is 19.3. The molecule has 3 rings (SSSR count). The highest BCUT2D eigenvalue weighted by Gasteiger charge is 2.14. The van der Waals surface area contributed by atoms with Crippen LogP contribution in [0.2, 0.25) is 0 Å². The maximum Gasteiger partial charge on any atom is 0.199 e. The van der Waals surface area contributed by atoms with Gasteiger partial charge >= 0.3 is 0 Å². The van der Waals surface area contributed by atoms with Crippen LogP contribution in [0.1, 0.15) is 11.1 Å². The summed E-state index contributed by atoms with van der Waals surface area (Å²) in [4.78, 5) is 0.509. The fourth-order valence-electron chi connectivity index (χ4n) is 2.51. The number of hydrogen-bond acceptors (Lipinski definition) is 4. The van der Waals surface area contributed by atoms with E-state index in [0.29, 0.717) is 11.1 Å². The van der Waals surface area contributed by atoms with Crippen molar-refractivity contribution in [2.45, 2.75) is 15.5 Å². The summed E-state index contributed by atoms with van der Waals surface area (Å²) in [7, 11) is -6.92. The molecule has 0 radical (unpaired) electrons. The first-order valence-corrected chi connectivity index (χ1v) is 11.4. The molecule has 0 heterocycles. The number of rotatable bonds is 6. The Kier molecular flexibility index (Phi) is 5.58. The van der Waals surface area contributed by atoms with Crippen molar-refractivity contribution < 1.29 is 16.8 Å². The molecule has 0 bridgehead atoms. The summed E-state index contributed by atoms with van der Waals surface area (Å²) in [5.74, 6) is -0.108. The molecule has 0 aromatic heterocycles. The second-order valence-electron chi connectivity index (χ2n) is 5.97. The van der Waals surface area contributed by atoms with E-state index < -0.39 is 19.7 Å². The van der Waals surface area contributed by atoms with Crippen molar-refractivity contribution in [1.29, 1.82) is 0 Å². The first kappa shape index (κ1) is 19.1. The monoisotopic (exact) mass is 398 g/mol. The Bertz CT molecular complexity index is 1130. The van der Waals surface area contributed by atoms with Gasteiger partial charge in [-0.15, -0.1) is 0 Å². The molecular formula is C21H18O4S2. The highest BCUT2D eigenvalue weighted by atomic mass is 32.2. The maximum absolute atomic E-state index is 12.4. The van der Waals surface area contributed by atoms with Crippen molar-refractivity contribution in [3.63, 3.8) is 0 Å². The van der Waals surface area contributed by atoms with Crippen molar-refractivity contribution in [1.82, 2.24) is 0 Å². The third-order valence-electron chi connectivity index (χ3n) is 3.95. The van der Waals surface area contributed by atoms with E-state index in [1.54, 1.807) is 72.8 Å². The first-order valence-electron chi connectivity index (χ1n) is 8.22. The Morgan fingerprint density at radius 3 is 1.70 bits per heavy atom. The molecule has 0 amide bonds. The third kappa shape index (κ3) is 4.93. The van der Waals surface area contributed by atoms with Crippen LogP contribution in [0.3, 0.4) is 0 Å². The van der Waals surface area contributed by atoms with E-state index in [4.69, 9.17) is 0 Å². The second-order valence-corrected chi connectivity index (χ2v) is 9.80. The lowest BCUT2D eigenvalue weighted by Crippen LogP contribution is -2.04. The molecule has 4 nitrogen and oxygen atoms in total. The maximum atomic E-state index is 12.4. The van der Waals surface area contributed by atoms with Gasteiger partial charge in [-0.25, -0.2) is 16.8 Å². The van der Waals surface area contributed by atoms with Crippen LogP contribution in [0.5, 0.6) is 0 Å². The van der Waals surface area contributed by atoms with Crippen LogP contribution < -0.4 is 0 Å². The predicted octanol–water partition coefficient (Wildman–Crippen LogP) is 4.11. The van der Waals surface area contributed by atoms with Gasteiger partial charge in [0.25, 0.3) is 0 Å². The fraction of sp³-hybridized carbons (Fsp3) is 0.0476. The molecule has 0 aliphatic rings. The molecule has 3 aromatic carbocycles. The lowest BCUT2D eigenvalue weighted by Gasteiger charge is -2.05. The normalized spacial score (nSPS) is 12.3. The van der Waals surface area contributed by atoms with Crippen LogP contribution in [0.4, 0.5) is 0 Å². The van der Waals surface area contributed by atoms with Crippen molar-refractivity contribution >= 4 is 25.8 Å². The molecule has 0 atom stereocenters. The van der Waals surface area contributed by atoms with Gasteiger partial charge in [-0.05, 0) is 41.5 Å². The summed E-state index contributed by atoms with van der Waals surface area (Å²) in [6.07, 6.45) is 1.50. The van der Waals surface area contributed by atoms with Gasteiger partial charge in [0.05, 0.1) is 15.5 Å². The van der Waals surface area contributed by atoms with E-state index in [-0.39, 0.29) is 15.5 Å². The Hall–Kier alpha value is -2.70. The van der Waals surface area contributed by atoms with E-state index in [1.807, 2.05) is 0 Å². The van der Waals surface area contributed by atoms with E-state index in [0.717, 1.165) is 5.41 Å². The van der Waals surface area contributed by atoms with Gasteiger partial charge in [0, 0.05) is 5.41 Å². The summed E-state index contributed by atoms with van der Waals surface area (Å²) in [5.41, 5.74) is 1.32. The summed E-state index contributed by atoms with van der Waals surface area (Å²) in [6, 6.07) is 23.2. The fourth-order valence-corrected chi connectivity index (χ4v) is 4.91. The Morgan fingerprint density at radius 2 is 1.15 bits per heavy atom. The zero-order valence-electron chi connectivity index (χ0n) is 14.4. The summed E-state index contributed by atoms with van der Waals surface area (Å²) in [6.45, 7) is 0. The summed E-state index contributed by atoms with van der Waals surface area (Å²) >= 11 is 0.